The van der Waals surface area contributed by atoms with Crippen molar-refractivity contribution >= 4 is 28.4 Å². The predicted octanol–water partition coefficient (Wildman–Crippen LogP) is 3.72. The highest BCUT2D eigenvalue weighted by Gasteiger charge is 2.67. The van der Waals surface area contributed by atoms with Crippen LogP contribution >= 0.6 is 11.8 Å². The fraction of sp³-hybridized carbons (Fsp3) is 0.474. The van der Waals surface area contributed by atoms with Gasteiger partial charge in [-0.1, -0.05) is 11.8 Å². The van der Waals surface area contributed by atoms with Gasteiger partial charge in [-0.25, -0.2) is 8.78 Å². The molecule has 1 heterocycles. The van der Waals surface area contributed by atoms with E-state index < -0.39 is 21.9 Å². The van der Waals surface area contributed by atoms with Crippen molar-refractivity contribution < 1.29 is 18.4 Å². The molecule has 1 aliphatic heterocycles. The van der Waals surface area contributed by atoms with E-state index in [0.717, 1.165) is 6.07 Å². The highest BCUT2D eigenvalue weighted by atomic mass is 32.2. The zero-order valence-electron chi connectivity index (χ0n) is 14.7. The minimum Gasteiger partial charge on any atom is -0.300 e. The van der Waals surface area contributed by atoms with E-state index in [1.807, 2.05) is 0 Å². The Hall–Kier alpha value is -2.07. The standard InChI is InChI=1S/C19H18F2N2O2S/c1-10(24)4-12-6-13(17(21)14(20)7-12)18(3)15-8-19(15,9-22)26-16(23-18)5-11(2)25/h6-7,15H,4-5,8H2,1-3H3/t15-,18+,19+/m0/s1. The Balaban J connectivity index is 2.14. The van der Waals surface area contributed by atoms with Crippen molar-refractivity contribution in [2.45, 2.75) is 50.3 Å². The number of ketones is 2. The molecule has 0 aromatic heterocycles. The maximum Gasteiger partial charge on any atom is 0.164 e. The quantitative estimate of drug-likeness (QED) is 0.785. The molecule has 0 unspecified atom stereocenters. The lowest BCUT2D eigenvalue weighted by Gasteiger charge is -2.33. The Morgan fingerprint density at radius 3 is 2.54 bits per heavy atom. The molecule has 2 aliphatic rings. The second kappa shape index (κ2) is 6.27. The summed E-state index contributed by atoms with van der Waals surface area (Å²) in [5.74, 6) is -2.60. The number of carbonyl (C=O) groups is 2. The minimum atomic E-state index is -1.15. The molecule has 0 bridgehead atoms. The Kier molecular flexibility index (Phi) is 4.51. The number of thioether (sulfide) groups is 1. The third-order valence-electron chi connectivity index (χ3n) is 4.92. The number of rotatable bonds is 5. The van der Waals surface area contributed by atoms with Gasteiger partial charge in [0.1, 0.15) is 16.3 Å². The van der Waals surface area contributed by atoms with Crippen LogP contribution in [-0.4, -0.2) is 21.4 Å². The van der Waals surface area contributed by atoms with Crippen LogP contribution < -0.4 is 0 Å². The average Bonchev–Trinajstić information content (AvgIpc) is 3.25. The van der Waals surface area contributed by atoms with Crippen LogP contribution in [0.2, 0.25) is 0 Å². The Morgan fingerprint density at radius 1 is 1.31 bits per heavy atom. The van der Waals surface area contributed by atoms with Crippen molar-refractivity contribution in [1.82, 2.24) is 0 Å². The molecular weight excluding hydrogens is 358 g/mol. The molecule has 0 saturated heterocycles. The van der Waals surface area contributed by atoms with Crippen LogP contribution in [0.1, 0.15) is 44.7 Å². The zero-order valence-corrected chi connectivity index (χ0v) is 15.5. The van der Waals surface area contributed by atoms with Gasteiger partial charge in [0.05, 0.1) is 23.1 Å². The number of fused-ring (bicyclic) bond motifs is 1. The fourth-order valence-corrected chi connectivity index (χ4v) is 5.26. The summed E-state index contributed by atoms with van der Waals surface area (Å²) in [6.45, 7) is 4.48. The van der Waals surface area contributed by atoms with Crippen LogP contribution in [0.25, 0.3) is 0 Å². The van der Waals surface area contributed by atoms with Crippen molar-refractivity contribution in [2.24, 2.45) is 10.9 Å². The summed E-state index contributed by atoms with van der Waals surface area (Å²) in [6.07, 6.45) is 0.550. The first-order chi connectivity index (χ1) is 12.1. The minimum absolute atomic E-state index is 0.00684. The topological polar surface area (TPSA) is 70.3 Å². The largest absolute Gasteiger partial charge is 0.300 e. The van der Waals surface area contributed by atoms with Crippen LogP contribution in [0.15, 0.2) is 17.1 Å². The first-order valence-corrected chi connectivity index (χ1v) is 9.09. The van der Waals surface area contributed by atoms with Gasteiger partial charge in [-0.05, 0) is 44.9 Å². The van der Waals surface area contributed by atoms with Gasteiger partial charge in [-0.3, -0.25) is 14.6 Å². The van der Waals surface area contributed by atoms with Gasteiger partial charge in [-0.2, -0.15) is 5.26 Å². The number of Topliss-reactive ketones (excluding diaryl/α,β-unsaturated/α-hetero) is 2. The van der Waals surface area contributed by atoms with Crippen molar-refractivity contribution in [2.75, 3.05) is 0 Å². The molecule has 4 nitrogen and oxygen atoms in total. The highest BCUT2D eigenvalue weighted by molar-refractivity contribution is 8.15. The first kappa shape index (κ1) is 18.7. The molecule has 0 amide bonds. The average molecular weight is 376 g/mol. The van der Waals surface area contributed by atoms with Crippen LogP contribution in [-0.2, 0) is 21.5 Å². The predicted molar refractivity (Wildman–Crippen MR) is 94.9 cm³/mol. The number of hydrogen-bond acceptors (Lipinski definition) is 5. The molecule has 1 aromatic carbocycles. The van der Waals surface area contributed by atoms with Crippen LogP contribution in [0, 0.1) is 28.9 Å². The van der Waals surface area contributed by atoms with Gasteiger partial charge in [0.2, 0.25) is 0 Å². The maximum atomic E-state index is 14.7. The van der Waals surface area contributed by atoms with E-state index in [-0.39, 0.29) is 35.9 Å². The van der Waals surface area contributed by atoms with Crippen molar-refractivity contribution in [1.29, 1.82) is 5.26 Å². The Labute approximate surface area is 154 Å². The molecule has 0 radical (unpaired) electrons. The second-order valence-electron chi connectivity index (χ2n) is 7.21. The van der Waals surface area contributed by atoms with Crippen LogP contribution in [0.4, 0.5) is 8.78 Å². The van der Waals surface area contributed by atoms with E-state index in [1.165, 1.54) is 31.7 Å². The number of halogens is 2. The number of benzene rings is 1. The van der Waals surface area contributed by atoms with E-state index in [0.29, 0.717) is 17.0 Å². The van der Waals surface area contributed by atoms with E-state index in [9.17, 15) is 23.6 Å². The molecule has 0 N–H and O–H groups in total. The Bertz CT molecular complexity index is 892. The summed E-state index contributed by atoms with van der Waals surface area (Å²) in [4.78, 5) is 27.5. The fourth-order valence-electron chi connectivity index (χ4n) is 3.67. The molecule has 7 heteroatoms. The summed E-state index contributed by atoms with van der Waals surface area (Å²) in [7, 11) is 0. The third-order valence-corrected chi connectivity index (χ3v) is 6.30. The molecule has 3 rings (SSSR count). The molecule has 26 heavy (non-hydrogen) atoms. The number of carbonyl (C=O) groups excluding carboxylic acids is 2. The summed E-state index contributed by atoms with van der Waals surface area (Å²) in [5.41, 5.74) is -0.738. The van der Waals surface area contributed by atoms with Gasteiger partial charge in [0.15, 0.2) is 11.6 Å². The summed E-state index contributed by atoms with van der Waals surface area (Å²) >= 11 is 1.26. The lowest BCUT2D eigenvalue weighted by atomic mass is 9.84. The highest BCUT2D eigenvalue weighted by Crippen LogP contribution is 2.66. The van der Waals surface area contributed by atoms with E-state index >= 15 is 0 Å². The number of nitrogens with zero attached hydrogens (tertiary/aromatic N) is 2. The summed E-state index contributed by atoms with van der Waals surface area (Å²) < 4.78 is 28.1. The Morgan fingerprint density at radius 2 is 1.96 bits per heavy atom. The third kappa shape index (κ3) is 3.07. The van der Waals surface area contributed by atoms with E-state index in [2.05, 4.69) is 11.1 Å². The molecule has 1 fully saturated rings. The van der Waals surface area contributed by atoms with Crippen molar-refractivity contribution in [3.63, 3.8) is 0 Å². The molecule has 1 aliphatic carbocycles. The van der Waals surface area contributed by atoms with Gasteiger partial charge in [-0.15, -0.1) is 0 Å². The van der Waals surface area contributed by atoms with Gasteiger partial charge < -0.3 is 0 Å². The maximum absolute atomic E-state index is 14.7. The van der Waals surface area contributed by atoms with Gasteiger partial charge in [0.25, 0.3) is 0 Å². The molecule has 1 aromatic rings. The van der Waals surface area contributed by atoms with E-state index in [1.54, 1.807) is 6.92 Å². The lowest BCUT2D eigenvalue weighted by molar-refractivity contribution is -0.117. The zero-order chi connectivity index (χ0) is 19.3. The lowest BCUT2D eigenvalue weighted by Crippen LogP contribution is -2.34. The molecule has 136 valence electrons. The SMILES string of the molecule is CC(=O)CC1=N[C@](C)(c2cc(CC(C)=O)cc(F)c2F)[C@@H]2C[C@]2(C#N)S1. The summed E-state index contributed by atoms with van der Waals surface area (Å²) in [6, 6.07) is 4.75. The normalized spacial score (nSPS) is 29.4. The van der Waals surface area contributed by atoms with Gasteiger partial charge in [0, 0.05) is 17.9 Å². The number of hydrogen-bond donors (Lipinski definition) is 0. The number of aliphatic imine (C=N–C) groups is 1. The van der Waals surface area contributed by atoms with Crippen LogP contribution in [0.3, 0.4) is 0 Å². The number of nitriles is 1. The van der Waals surface area contributed by atoms with Crippen molar-refractivity contribution in [3.05, 3.63) is 34.9 Å². The molecule has 1 saturated carbocycles. The molecule has 0 spiro atoms. The smallest absolute Gasteiger partial charge is 0.164 e. The van der Waals surface area contributed by atoms with Crippen molar-refractivity contribution in [3.8, 4) is 6.07 Å². The van der Waals surface area contributed by atoms with Crippen LogP contribution in [0.5, 0.6) is 0 Å². The molecule has 3 atom stereocenters. The van der Waals surface area contributed by atoms with Gasteiger partial charge >= 0.3 is 0 Å². The first-order valence-electron chi connectivity index (χ1n) is 8.27. The second-order valence-corrected chi connectivity index (χ2v) is 8.61. The van der Waals surface area contributed by atoms with E-state index in [4.69, 9.17) is 0 Å². The summed E-state index contributed by atoms with van der Waals surface area (Å²) in [5, 5.41) is 10.1. The molecular formula is C19H18F2N2O2S. The monoisotopic (exact) mass is 376 g/mol.